The zero-order valence-corrected chi connectivity index (χ0v) is 13.6. The lowest BCUT2D eigenvalue weighted by Gasteiger charge is -2.04. The van der Waals surface area contributed by atoms with Gasteiger partial charge >= 0.3 is 0 Å². The van der Waals surface area contributed by atoms with Crippen molar-refractivity contribution in [3.63, 3.8) is 0 Å². The maximum Gasteiger partial charge on any atom is 0.263 e. The van der Waals surface area contributed by atoms with Gasteiger partial charge < -0.3 is 4.42 Å². The van der Waals surface area contributed by atoms with Crippen molar-refractivity contribution < 1.29 is 12.8 Å². The number of nitrogens with one attached hydrogen (secondary N) is 1. The number of fused-ring (bicyclic) bond motifs is 2. The van der Waals surface area contributed by atoms with Crippen LogP contribution in [0.5, 0.6) is 0 Å². The first-order valence-electron chi connectivity index (χ1n) is 6.74. The van der Waals surface area contributed by atoms with Crippen molar-refractivity contribution >= 4 is 47.8 Å². The van der Waals surface area contributed by atoms with E-state index >= 15 is 0 Å². The molecule has 2 heterocycles. The second-order valence-electron chi connectivity index (χ2n) is 5.08. The highest BCUT2D eigenvalue weighted by molar-refractivity contribution is 7.93. The van der Waals surface area contributed by atoms with E-state index in [0.29, 0.717) is 16.2 Å². The Balaban J connectivity index is 1.72. The Morgan fingerprint density at radius 2 is 1.96 bits per heavy atom. The highest BCUT2D eigenvalue weighted by Crippen LogP contribution is 2.29. The van der Waals surface area contributed by atoms with E-state index in [-0.39, 0.29) is 4.90 Å². The van der Waals surface area contributed by atoms with Crippen LogP contribution in [0.4, 0.5) is 5.13 Å². The van der Waals surface area contributed by atoms with Crippen molar-refractivity contribution in [1.82, 2.24) is 9.97 Å². The van der Waals surface area contributed by atoms with Crippen LogP contribution < -0.4 is 4.72 Å². The predicted octanol–water partition coefficient (Wildman–Crippen LogP) is 3.55. The average molecular weight is 345 g/mol. The molecule has 2 aromatic heterocycles. The zero-order valence-electron chi connectivity index (χ0n) is 12.0. The van der Waals surface area contributed by atoms with Gasteiger partial charge in [-0.2, -0.15) is 0 Å². The molecule has 0 atom stereocenters. The highest BCUT2D eigenvalue weighted by Gasteiger charge is 2.18. The smallest absolute Gasteiger partial charge is 0.263 e. The van der Waals surface area contributed by atoms with Crippen LogP contribution in [0.1, 0.15) is 5.56 Å². The average Bonchev–Trinajstić information content (AvgIpc) is 3.11. The Labute approximate surface area is 135 Å². The summed E-state index contributed by atoms with van der Waals surface area (Å²) in [6, 6.07) is 10.3. The van der Waals surface area contributed by atoms with E-state index in [0.717, 1.165) is 15.8 Å². The second-order valence-corrected chi connectivity index (χ2v) is 7.79. The summed E-state index contributed by atoms with van der Waals surface area (Å²) in [7, 11) is -3.73. The molecular weight excluding hydrogens is 334 g/mol. The van der Waals surface area contributed by atoms with Crippen LogP contribution in [-0.4, -0.2) is 18.4 Å². The molecule has 0 aliphatic carbocycles. The Bertz CT molecular complexity index is 1130. The van der Waals surface area contributed by atoms with Gasteiger partial charge in [-0.25, -0.2) is 18.4 Å². The van der Waals surface area contributed by atoms with Crippen molar-refractivity contribution in [3.8, 4) is 0 Å². The molecule has 0 saturated heterocycles. The number of aryl methyl sites for hydroxylation is 1. The summed E-state index contributed by atoms with van der Waals surface area (Å²) in [6.07, 6.45) is 1.28. The quantitative estimate of drug-likeness (QED) is 0.614. The lowest BCUT2D eigenvalue weighted by atomic mass is 10.2. The zero-order chi connectivity index (χ0) is 16.0. The molecule has 23 heavy (non-hydrogen) atoms. The molecular formula is C15H11N3O3S2. The molecule has 0 aliphatic heterocycles. The van der Waals surface area contributed by atoms with Gasteiger partial charge in [-0.1, -0.05) is 17.4 Å². The number of rotatable bonds is 3. The number of aromatic nitrogens is 2. The number of sulfonamides is 1. The van der Waals surface area contributed by atoms with Crippen LogP contribution in [0, 0.1) is 6.92 Å². The van der Waals surface area contributed by atoms with Crippen LogP contribution >= 0.6 is 11.3 Å². The normalized spacial score (nSPS) is 12.0. The molecule has 0 amide bonds. The fourth-order valence-electron chi connectivity index (χ4n) is 2.25. The SMILES string of the molecule is Cc1ccc2nc(NS(=O)(=O)c3ccc4ncoc4c3)sc2c1. The Hall–Kier alpha value is -2.45. The molecule has 0 radical (unpaired) electrons. The Kier molecular flexibility index (Phi) is 3.10. The number of anilines is 1. The van der Waals surface area contributed by atoms with E-state index in [1.807, 2.05) is 25.1 Å². The lowest BCUT2D eigenvalue weighted by Crippen LogP contribution is -2.12. The third-order valence-electron chi connectivity index (χ3n) is 3.38. The number of oxazole rings is 1. The minimum atomic E-state index is -3.73. The number of nitrogens with zero attached hydrogens (tertiary/aromatic N) is 2. The van der Waals surface area contributed by atoms with Gasteiger partial charge in [0.25, 0.3) is 10.0 Å². The predicted molar refractivity (Wildman–Crippen MR) is 89.2 cm³/mol. The van der Waals surface area contributed by atoms with Gasteiger partial charge in [0.05, 0.1) is 15.1 Å². The van der Waals surface area contributed by atoms with Crippen LogP contribution in [0.15, 0.2) is 52.1 Å². The molecule has 2 aromatic carbocycles. The molecule has 116 valence electrons. The number of hydrogen-bond donors (Lipinski definition) is 1. The van der Waals surface area contributed by atoms with Crippen LogP contribution in [0.3, 0.4) is 0 Å². The molecule has 1 N–H and O–H groups in total. The van der Waals surface area contributed by atoms with E-state index in [4.69, 9.17) is 4.42 Å². The Morgan fingerprint density at radius 1 is 1.13 bits per heavy atom. The standard InChI is InChI=1S/C15H11N3O3S2/c1-9-2-4-12-14(6-9)22-15(17-12)18-23(19,20)10-3-5-11-13(7-10)21-8-16-11/h2-8H,1H3,(H,17,18). The Morgan fingerprint density at radius 3 is 2.83 bits per heavy atom. The summed E-state index contributed by atoms with van der Waals surface area (Å²) < 4.78 is 33.6. The molecule has 8 heteroatoms. The van der Waals surface area contributed by atoms with Crippen molar-refractivity contribution in [2.24, 2.45) is 0 Å². The van der Waals surface area contributed by atoms with Gasteiger partial charge in [-0.3, -0.25) is 4.72 Å². The summed E-state index contributed by atoms with van der Waals surface area (Å²) >= 11 is 1.30. The topological polar surface area (TPSA) is 85.1 Å². The molecule has 0 unspecified atom stereocenters. The van der Waals surface area contributed by atoms with Crippen LogP contribution in [0.25, 0.3) is 21.3 Å². The highest BCUT2D eigenvalue weighted by atomic mass is 32.2. The van der Waals surface area contributed by atoms with Gasteiger partial charge in [-0.05, 0) is 36.8 Å². The van der Waals surface area contributed by atoms with Gasteiger partial charge in [0, 0.05) is 6.07 Å². The summed E-state index contributed by atoms with van der Waals surface area (Å²) in [5.41, 5.74) is 2.91. The molecule has 6 nitrogen and oxygen atoms in total. The summed E-state index contributed by atoms with van der Waals surface area (Å²) in [4.78, 5) is 8.39. The van der Waals surface area contributed by atoms with Crippen molar-refractivity contribution in [1.29, 1.82) is 0 Å². The third-order valence-corrected chi connectivity index (χ3v) is 5.78. The maximum absolute atomic E-state index is 12.5. The van der Waals surface area contributed by atoms with Gasteiger partial charge in [0.1, 0.15) is 5.52 Å². The van der Waals surface area contributed by atoms with E-state index in [1.165, 1.54) is 29.9 Å². The van der Waals surface area contributed by atoms with E-state index in [9.17, 15) is 8.42 Å². The summed E-state index contributed by atoms with van der Waals surface area (Å²) in [5.74, 6) is 0. The summed E-state index contributed by atoms with van der Waals surface area (Å²) in [5, 5.41) is 0.336. The first-order chi connectivity index (χ1) is 11.0. The molecule has 0 fully saturated rings. The van der Waals surface area contributed by atoms with E-state index < -0.39 is 10.0 Å². The molecule has 4 aromatic rings. The summed E-state index contributed by atoms with van der Waals surface area (Å²) in [6.45, 7) is 1.98. The van der Waals surface area contributed by atoms with Crippen molar-refractivity contribution in [2.75, 3.05) is 4.72 Å². The molecule has 0 spiro atoms. The van der Waals surface area contributed by atoms with Gasteiger partial charge in [0.15, 0.2) is 17.1 Å². The fraction of sp³-hybridized carbons (Fsp3) is 0.0667. The molecule has 4 rings (SSSR count). The maximum atomic E-state index is 12.5. The van der Waals surface area contributed by atoms with Crippen molar-refractivity contribution in [3.05, 3.63) is 48.4 Å². The first kappa shape index (κ1) is 14.2. The van der Waals surface area contributed by atoms with E-state index in [1.54, 1.807) is 6.07 Å². The van der Waals surface area contributed by atoms with Crippen LogP contribution in [-0.2, 0) is 10.0 Å². The molecule has 0 saturated carbocycles. The van der Waals surface area contributed by atoms with Gasteiger partial charge in [0.2, 0.25) is 0 Å². The van der Waals surface area contributed by atoms with E-state index in [2.05, 4.69) is 14.7 Å². The molecule has 0 aliphatic rings. The second kappa shape index (κ2) is 5.04. The van der Waals surface area contributed by atoms with Gasteiger partial charge in [-0.15, -0.1) is 0 Å². The number of thiazole rings is 1. The fourth-order valence-corrected chi connectivity index (χ4v) is 4.47. The van der Waals surface area contributed by atoms with Crippen LogP contribution in [0.2, 0.25) is 0 Å². The molecule has 0 bridgehead atoms. The third kappa shape index (κ3) is 2.55. The first-order valence-corrected chi connectivity index (χ1v) is 9.04. The number of benzene rings is 2. The monoisotopic (exact) mass is 345 g/mol. The number of hydrogen-bond acceptors (Lipinski definition) is 6. The lowest BCUT2D eigenvalue weighted by molar-refractivity contribution is 0.594. The van der Waals surface area contributed by atoms with Crippen molar-refractivity contribution in [2.45, 2.75) is 11.8 Å². The minimum Gasteiger partial charge on any atom is -0.443 e. The minimum absolute atomic E-state index is 0.109. The largest absolute Gasteiger partial charge is 0.443 e.